The summed E-state index contributed by atoms with van der Waals surface area (Å²) in [7, 11) is -2.09. The molecule has 0 fully saturated rings. The van der Waals surface area contributed by atoms with Gasteiger partial charge in [0.25, 0.3) is 0 Å². The van der Waals surface area contributed by atoms with Crippen molar-refractivity contribution in [1.82, 2.24) is 0 Å². The Balaban J connectivity index is 2.03. The predicted octanol–water partition coefficient (Wildman–Crippen LogP) is 3.29. The number of nitrogens with one attached hydrogen (secondary N) is 2. The first-order valence-electron chi connectivity index (χ1n) is 8.65. The molecule has 2 aromatic carbocycles. The van der Waals surface area contributed by atoms with Crippen LogP contribution >= 0.6 is 0 Å². The fourth-order valence-electron chi connectivity index (χ4n) is 2.69. The number of amides is 1. The van der Waals surface area contributed by atoms with Crippen molar-refractivity contribution < 1.29 is 22.7 Å². The molecule has 0 aromatic heterocycles. The Morgan fingerprint density at radius 3 is 2.39 bits per heavy atom. The van der Waals surface area contributed by atoms with Crippen molar-refractivity contribution in [2.24, 2.45) is 0 Å². The van der Waals surface area contributed by atoms with Gasteiger partial charge in [-0.2, -0.15) is 0 Å². The lowest BCUT2D eigenvalue weighted by atomic mass is 9.99. The van der Waals surface area contributed by atoms with E-state index in [-0.39, 0.29) is 30.2 Å². The highest BCUT2D eigenvalue weighted by Gasteiger charge is 2.14. The van der Waals surface area contributed by atoms with E-state index in [9.17, 15) is 18.0 Å². The van der Waals surface area contributed by atoms with Gasteiger partial charge < -0.3 is 10.1 Å². The van der Waals surface area contributed by atoms with Crippen LogP contribution in [0.1, 0.15) is 34.3 Å². The normalized spacial score (nSPS) is 11.0. The smallest absolute Gasteiger partial charge is 0.229 e. The number of carbonyl (C=O) groups excluding carboxylic acids is 2. The average Bonchev–Trinajstić information content (AvgIpc) is 2.60. The lowest BCUT2D eigenvalue weighted by Crippen LogP contribution is -2.15. The third-order valence-corrected chi connectivity index (χ3v) is 4.64. The molecule has 0 radical (unpaired) electrons. The molecule has 0 unspecified atom stereocenters. The van der Waals surface area contributed by atoms with Crippen LogP contribution in [0.3, 0.4) is 0 Å². The molecule has 0 heterocycles. The highest BCUT2D eigenvalue weighted by molar-refractivity contribution is 7.92. The Bertz CT molecular complexity index is 1000. The first-order valence-corrected chi connectivity index (χ1v) is 10.5. The summed E-state index contributed by atoms with van der Waals surface area (Å²) in [6.45, 7) is 3.77. The number of carbonyl (C=O) groups is 2. The van der Waals surface area contributed by atoms with E-state index in [0.29, 0.717) is 17.0 Å². The van der Waals surface area contributed by atoms with Crippen molar-refractivity contribution in [2.75, 3.05) is 23.4 Å². The Morgan fingerprint density at radius 2 is 1.75 bits per heavy atom. The standard InChI is InChI=1S/C20H24N2O5S/c1-13-5-6-14(2)16(11-13)18(23)8-10-20(24)21-15-7-9-19(27-3)17(12-15)22-28(4,25)26/h5-7,9,11-12,22H,8,10H2,1-4H3,(H,21,24). The number of rotatable bonds is 8. The van der Waals surface area contributed by atoms with E-state index >= 15 is 0 Å². The summed E-state index contributed by atoms with van der Waals surface area (Å²) in [5.74, 6) is -0.104. The number of methoxy groups -OCH3 is 1. The van der Waals surface area contributed by atoms with Crippen molar-refractivity contribution in [3.05, 3.63) is 53.1 Å². The lowest BCUT2D eigenvalue weighted by molar-refractivity contribution is -0.116. The van der Waals surface area contributed by atoms with Crippen LogP contribution in [0.25, 0.3) is 0 Å². The summed E-state index contributed by atoms with van der Waals surface area (Å²) in [5, 5.41) is 2.67. The van der Waals surface area contributed by atoms with E-state index in [1.54, 1.807) is 12.1 Å². The summed E-state index contributed by atoms with van der Waals surface area (Å²) in [5.41, 5.74) is 3.10. The minimum Gasteiger partial charge on any atom is -0.495 e. The summed E-state index contributed by atoms with van der Waals surface area (Å²) in [6.07, 6.45) is 1.13. The maximum Gasteiger partial charge on any atom is 0.229 e. The van der Waals surface area contributed by atoms with Gasteiger partial charge in [0.2, 0.25) is 15.9 Å². The van der Waals surface area contributed by atoms with Gasteiger partial charge in [0.05, 0.1) is 19.1 Å². The molecule has 7 nitrogen and oxygen atoms in total. The van der Waals surface area contributed by atoms with Gasteiger partial charge in [0.1, 0.15) is 5.75 Å². The number of hydrogen-bond donors (Lipinski definition) is 2. The third-order valence-electron chi connectivity index (χ3n) is 4.05. The first-order chi connectivity index (χ1) is 13.1. The van der Waals surface area contributed by atoms with Crippen LogP contribution in [-0.2, 0) is 14.8 Å². The molecular weight excluding hydrogens is 380 g/mol. The molecule has 0 saturated carbocycles. The maximum absolute atomic E-state index is 12.4. The van der Waals surface area contributed by atoms with Crippen molar-refractivity contribution in [2.45, 2.75) is 26.7 Å². The highest BCUT2D eigenvalue weighted by Crippen LogP contribution is 2.28. The molecule has 0 atom stereocenters. The minimum atomic E-state index is -3.50. The maximum atomic E-state index is 12.4. The number of ketones is 1. The number of aryl methyl sites for hydroxylation is 2. The van der Waals surface area contributed by atoms with Gasteiger partial charge in [-0.05, 0) is 43.7 Å². The zero-order valence-corrected chi connectivity index (χ0v) is 17.1. The van der Waals surface area contributed by atoms with E-state index in [4.69, 9.17) is 4.74 Å². The van der Waals surface area contributed by atoms with E-state index in [0.717, 1.165) is 17.4 Å². The molecule has 1 amide bonds. The number of sulfonamides is 1. The molecule has 2 rings (SSSR count). The van der Waals surface area contributed by atoms with Crippen LogP contribution in [0.4, 0.5) is 11.4 Å². The fourth-order valence-corrected chi connectivity index (χ4v) is 3.25. The number of Topliss-reactive ketones (excluding diaryl/α,β-unsaturated/α-hetero) is 1. The molecule has 0 spiro atoms. The Labute approximate surface area is 165 Å². The monoisotopic (exact) mass is 404 g/mol. The van der Waals surface area contributed by atoms with E-state index < -0.39 is 10.0 Å². The van der Waals surface area contributed by atoms with Crippen molar-refractivity contribution in [3.8, 4) is 5.75 Å². The molecule has 0 aliphatic heterocycles. The second-order valence-electron chi connectivity index (χ2n) is 6.58. The zero-order chi connectivity index (χ0) is 20.9. The Morgan fingerprint density at radius 1 is 1.04 bits per heavy atom. The lowest BCUT2D eigenvalue weighted by Gasteiger charge is -2.12. The number of hydrogen-bond acceptors (Lipinski definition) is 5. The predicted molar refractivity (Wildman–Crippen MR) is 110 cm³/mol. The van der Waals surface area contributed by atoms with Crippen LogP contribution < -0.4 is 14.8 Å². The van der Waals surface area contributed by atoms with Crippen LogP contribution in [-0.4, -0.2) is 33.5 Å². The summed E-state index contributed by atoms with van der Waals surface area (Å²) in [6, 6.07) is 10.2. The molecule has 0 saturated heterocycles. The number of anilines is 2. The van der Waals surface area contributed by atoms with Gasteiger partial charge >= 0.3 is 0 Å². The second kappa shape index (κ2) is 8.88. The second-order valence-corrected chi connectivity index (χ2v) is 8.33. The topological polar surface area (TPSA) is 102 Å². The molecular formula is C20H24N2O5S. The molecule has 150 valence electrons. The number of benzene rings is 2. The SMILES string of the molecule is COc1ccc(NC(=O)CCC(=O)c2cc(C)ccc2C)cc1NS(C)(=O)=O. The van der Waals surface area contributed by atoms with E-state index in [2.05, 4.69) is 10.0 Å². The largest absolute Gasteiger partial charge is 0.495 e. The Kier molecular flexibility index (Phi) is 6.80. The molecule has 2 aromatic rings. The van der Waals surface area contributed by atoms with E-state index in [1.165, 1.54) is 13.2 Å². The van der Waals surface area contributed by atoms with Gasteiger partial charge in [0, 0.05) is 24.1 Å². The summed E-state index contributed by atoms with van der Waals surface area (Å²) in [4.78, 5) is 24.6. The quantitative estimate of drug-likeness (QED) is 0.658. The first kappa shape index (κ1) is 21.4. The summed E-state index contributed by atoms with van der Waals surface area (Å²) < 4.78 is 30.4. The summed E-state index contributed by atoms with van der Waals surface area (Å²) >= 11 is 0. The number of ether oxygens (including phenoxy) is 1. The van der Waals surface area contributed by atoms with Crippen LogP contribution in [0, 0.1) is 13.8 Å². The van der Waals surface area contributed by atoms with E-state index in [1.807, 2.05) is 32.0 Å². The molecule has 28 heavy (non-hydrogen) atoms. The average molecular weight is 404 g/mol. The van der Waals surface area contributed by atoms with Crippen LogP contribution in [0.15, 0.2) is 36.4 Å². The van der Waals surface area contributed by atoms with Gasteiger partial charge in [0.15, 0.2) is 5.78 Å². The van der Waals surface area contributed by atoms with Crippen LogP contribution in [0.2, 0.25) is 0 Å². The van der Waals surface area contributed by atoms with Crippen molar-refractivity contribution in [1.29, 1.82) is 0 Å². The molecule has 0 aliphatic rings. The third kappa shape index (κ3) is 6.09. The van der Waals surface area contributed by atoms with Gasteiger partial charge in [-0.25, -0.2) is 8.42 Å². The molecule has 0 bridgehead atoms. The Hall–Kier alpha value is -2.87. The van der Waals surface area contributed by atoms with Gasteiger partial charge in [-0.15, -0.1) is 0 Å². The zero-order valence-electron chi connectivity index (χ0n) is 16.3. The van der Waals surface area contributed by atoms with Crippen molar-refractivity contribution >= 4 is 33.1 Å². The molecule has 2 N–H and O–H groups in total. The van der Waals surface area contributed by atoms with Gasteiger partial charge in [-0.3, -0.25) is 14.3 Å². The highest BCUT2D eigenvalue weighted by atomic mass is 32.2. The molecule has 0 aliphatic carbocycles. The molecule has 8 heteroatoms. The van der Waals surface area contributed by atoms with Crippen LogP contribution in [0.5, 0.6) is 5.75 Å². The minimum absolute atomic E-state index is 0.0209. The van der Waals surface area contributed by atoms with Crippen molar-refractivity contribution in [3.63, 3.8) is 0 Å². The fraction of sp³-hybridized carbons (Fsp3) is 0.300. The van der Waals surface area contributed by atoms with Gasteiger partial charge in [-0.1, -0.05) is 17.7 Å².